The molecule has 0 aliphatic rings. The summed E-state index contributed by atoms with van der Waals surface area (Å²) in [5.74, 6) is 0.960. The molecule has 96 valence electrons. The van der Waals surface area contributed by atoms with E-state index >= 15 is 0 Å². The van der Waals surface area contributed by atoms with Gasteiger partial charge in [0.25, 0.3) is 0 Å². The van der Waals surface area contributed by atoms with Crippen LogP contribution in [0.2, 0.25) is 0 Å². The lowest BCUT2D eigenvalue weighted by Crippen LogP contribution is -2.01. The van der Waals surface area contributed by atoms with Crippen LogP contribution >= 0.6 is 0 Å². The van der Waals surface area contributed by atoms with Gasteiger partial charge < -0.3 is 9.47 Å². The third kappa shape index (κ3) is 5.73. The maximum Gasteiger partial charge on any atom is 0.122 e. The molecule has 0 fully saturated rings. The van der Waals surface area contributed by atoms with E-state index in [1.807, 2.05) is 18.2 Å². The largest absolute Gasteiger partial charge is 0.496 e. The highest BCUT2D eigenvalue weighted by atomic mass is 16.5. The summed E-state index contributed by atoms with van der Waals surface area (Å²) < 4.78 is 10.9. The summed E-state index contributed by atoms with van der Waals surface area (Å²) in [7, 11) is 1.71. The van der Waals surface area contributed by atoms with Crippen molar-refractivity contribution in [1.82, 2.24) is 0 Å². The third-order valence-electron chi connectivity index (χ3n) is 2.85. The molecule has 0 saturated carbocycles. The van der Waals surface area contributed by atoms with E-state index in [4.69, 9.17) is 9.47 Å². The van der Waals surface area contributed by atoms with Crippen LogP contribution in [0, 0.1) is 0 Å². The van der Waals surface area contributed by atoms with Gasteiger partial charge in [-0.05, 0) is 24.5 Å². The van der Waals surface area contributed by atoms with Gasteiger partial charge >= 0.3 is 0 Å². The standard InChI is InChI=1S/C15H24O2/c1-3-4-5-8-12-17-13-11-14-9-6-7-10-15(14)16-2/h6-7,9-10H,3-5,8,11-13H2,1-2H3. The second-order valence-corrected chi connectivity index (χ2v) is 4.23. The van der Waals surface area contributed by atoms with E-state index in [0.717, 1.165) is 25.4 Å². The molecular weight excluding hydrogens is 212 g/mol. The Hall–Kier alpha value is -1.02. The van der Waals surface area contributed by atoms with Crippen molar-refractivity contribution in [3.05, 3.63) is 29.8 Å². The summed E-state index contributed by atoms with van der Waals surface area (Å²) in [4.78, 5) is 0. The Bertz CT molecular complexity index is 297. The van der Waals surface area contributed by atoms with Crippen molar-refractivity contribution >= 4 is 0 Å². The quantitative estimate of drug-likeness (QED) is 0.607. The Morgan fingerprint density at radius 1 is 1.00 bits per heavy atom. The summed E-state index contributed by atoms with van der Waals surface area (Å²) in [6.07, 6.45) is 5.99. The topological polar surface area (TPSA) is 18.5 Å². The molecule has 2 nitrogen and oxygen atoms in total. The second-order valence-electron chi connectivity index (χ2n) is 4.23. The van der Waals surface area contributed by atoms with Crippen LogP contribution in [-0.4, -0.2) is 20.3 Å². The molecule has 1 rings (SSSR count). The smallest absolute Gasteiger partial charge is 0.122 e. The number of methoxy groups -OCH3 is 1. The van der Waals surface area contributed by atoms with Gasteiger partial charge in [0.1, 0.15) is 5.75 Å². The molecule has 0 bridgehead atoms. The Balaban J connectivity index is 2.13. The fraction of sp³-hybridized carbons (Fsp3) is 0.600. The minimum Gasteiger partial charge on any atom is -0.496 e. The van der Waals surface area contributed by atoms with Crippen molar-refractivity contribution in [2.24, 2.45) is 0 Å². The van der Waals surface area contributed by atoms with Gasteiger partial charge in [-0.3, -0.25) is 0 Å². The molecule has 0 N–H and O–H groups in total. The van der Waals surface area contributed by atoms with E-state index in [0.29, 0.717) is 0 Å². The average Bonchev–Trinajstić information content (AvgIpc) is 2.38. The first kappa shape index (κ1) is 14.0. The lowest BCUT2D eigenvalue weighted by molar-refractivity contribution is 0.132. The summed E-state index contributed by atoms with van der Waals surface area (Å²) >= 11 is 0. The zero-order chi connectivity index (χ0) is 12.3. The third-order valence-corrected chi connectivity index (χ3v) is 2.85. The Kier molecular flexibility index (Phi) is 7.48. The molecule has 0 saturated heterocycles. The van der Waals surface area contributed by atoms with Crippen LogP contribution in [0.1, 0.15) is 38.2 Å². The lowest BCUT2D eigenvalue weighted by atomic mass is 10.1. The molecule has 0 unspecified atom stereocenters. The monoisotopic (exact) mass is 236 g/mol. The summed E-state index contributed by atoms with van der Waals surface area (Å²) in [5.41, 5.74) is 1.23. The van der Waals surface area contributed by atoms with Crippen LogP contribution in [0.3, 0.4) is 0 Å². The molecule has 17 heavy (non-hydrogen) atoms. The van der Waals surface area contributed by atoms with Crippen LogP contribution in [0.15, 0.2) is 24.3 Å². The van der Waals surface area contributed by atoms with Crippen LogP contribution in [0.25, 0.3) is 0 Å². The number of benzene rings is 1. The minimum atomic E-state index is 0.784. The van der Waals surface area contributed by atoms with Gasteiger partial charge in [0.2, 0.25) is 0 Å². The molecule has 0 radical (unpaired) electrons. The molecule has 0 spiro atoms. The first-order chi connectivity index (χ1) is 8.38. The van der Waals surface area contributed by atoms with Crippen LogP contribution in [0.5, 0.6) is 5.75 Å². The van der Waals surface area contributed by atoms with Gasteiger partial charge in [0.15, 0.2) is 0 Å². The molecular formula is C15H24O2. The van der Waals surface area contributed by atoms with E-state index < -0.39 is 0 Å². The molecule has 0 heterocycles. The van der Waals surface area contributed by atoms with Gasteiger partial charge in [-0.2, -0.15) is 0 Å². The maximum atomic E-state index is 5.63. The van der Waals surface area contributed by atoms with Crippen molar-refractivity contribution in [2.45, 2.75) is 39.0 Å². The first-order valence-electron chi connectivity index (χ1n) is 6.58. The highest BCUT2D eigenvalue weighted by Gasteiger charge is 2.00. The average molecular weight is 236 g/mol. The summed E-state index contributed by atoms with van der Waals surface area (Å²) in [6.45, 7) is 3.89. The molecule has 0 aromatic heterocycles. The van der Waals surface area contributed by atoms with Gasteiger partial charge in [-0.15, -0.1) is 0 Å². The van der Waals surface area contributed by atoms with E-state index in [1.54, 1.807) is 7.11 Å². The van der Waals surface area contributed by atoms with Crippen molar-refractivity contribution in [1.29, 1.82) is 0 Å². The second kappa shape index (κ2) is 9.06. The molecule has 0 aliphatic heterocycles. The number of hydrogen-bond donors (Lipinski definition) is 0. The molecule has 0 atom stereocenters. The number of unbranched alkanes of at least 4 members (excludes halogenated alkanes) is 3. The number of para-hydroxylation sites is 1. The summed E-state index contributed by atoms with van der Waals surface area (Å²) in [6, 6.07) is 8.13. The first-order valence-corrected chi connectivity index (χ1v) is 6.58. The number of rotatable bonds is 9. The van der Waals surface area contributed by atoms with Crippen molar-refractivity contribution < 1.29 is 9.47 Å². The minimum absolute atomic E-state index is 0.784. The van der Waals surface area contributed by atoms with Gasteiger partial charge in [0, 0.05) is 6.61 Å². The number of ether oxygens (including phenoxy) is 2. The Labute approximate surface area is 105 Å². The van der Waals surface area contributed by atoms with Crippen molar-refractivity contribution in [2.75, 3.05) is 20.3 Å². The lowest BCUT2D eigenvalue weighted by Gasteiger charge is -2.08. The fourth-order valence-electron chi connectivity index (χ4n) is 1.82. The molecule has 0 aliphatic carbocycles. The van der Waals surface area contributed by atoms with E-state index in [1.165, 1.54) is 31.2 Å². The SMILES string of the molecule is CCCCCCOCCc1ccccc1OC. The van der Waals surface area contributed by atoms with Crippen LogP contribution < -0.4 is 4.74 Å². The van der Waals surface area contributed by atoms with E-state index in [9.17, 15) is 0 Å². The van der Waals surface area contributed by atoms with Crippen molar-refractivity contribution in [3.8, 4) is 5.75 Å². The highest BCUT2D eigenvalue weighted by Crippen LogP contribution is 2.17. The predicted octanol–water partition coefficient (Wildman–Crippen LogP) is 3.83. The van der Waals surface area contributed by atoms with Gasteiger partial charge in [-0.1, -0.05) is 44.4 Å². The maximum absolute atomic E-state index is 5.63. The van der Waals surface area contributed by atoms with E-state index in [-0.39, 0.29) is 0 Å². The normalized spacial score (nSPS) is 10.5. The molecule has 2 heteroatoms. The zero-order valence-electron chi connectivity index (χ0n) is 11.1. The van der Waals surface area contributed by atoms with Gasteiger partial charge in [-0.25, -0.2) is 0 Å². The Morgan fingerprint density at radius 3 is 2.59 bits per heavy atom. The fourth-order valence-corrected chi connectivity index (χ4v) is 1.82. The summed E-state index contributed by atoms with van der Waals surface area (Å²) in [5, 5.41) is 0. The molecule has 1 aromatic rings. The highest BCUT2D eigenvalue weighted by molar-refractivity contribution is 5.33. The van der Waals surface area contributed by atoms with Crippen molar-refractivity contribution in [3.63, 3.8) is 0 Å². The molecule has 1 aromatic carbocycles. The van der Waals surface area contributed by atoms with E-state index in [2.05, 4.69) is 13.0 Å². The Morgan fingerprint density at radius 2 is 1.82 bits per heavy atom. The zero-order valence-corrected chi connectivity index (χ0v) is 11.1. The van der Waals surface area contributed by atoms with Crippen LogP contribution in [0.4, 0.5) is 0 Å². The predicted molar refractivity (Wildman–Crippen MR) is 71.7 cm³/mol. The number of hydrogen-bond acceptors (Lipinski definition) is 2. The van der Waals surface area contributed by atoms with Gasteiger partial charge in [0.05, 0.1) is 13.7 Å². The molecule has 0 amide bonds. The van der Waals surface area contributed by atoms with Crippen LogP contribution in [-0.2, 0) is 11.2 Å².